The van der Waals surface area contributed by atoms with E-state index in [-0.39, 0.29) is 6.10 Å². The van der Waals surface area contributed by atoms with E-state index in [9.17, 15) is 5.11 Å². The number of halogens is 1. The Hall–Kier alpha value is -0.800. The van der Waals surface area contributed by atoms with Gasteiger partial charge in [0, 0.05) is 21.9 Å². The van der Waals surface area contributed by atoms with Gasteiger partial charge in [-0.2, -0.15) is 0 Å². The molecule has 1 aliphatic rings. The maximum absolute atomic E-state index is 10.2. The minimum Gasteiger partial charge on any atom is -0.387 e. The Kier molecular flexibility index (Phi) is 2.75. The zero-order chi connectivity index (χ0) is 12.0. The van der Waals surface area contributed by atoms with Gasteiger partial charge >= 0.3 is 0 Å². The maximum Gasteiger partial charge on any atom is 0.0943 e. The van der Waals surface area contributed by atoms with Crippen molar-refractivity contribution in [2.75, 3.05) is 0 Å². The van der Waals surface area contributed by atoms with Crippen LogP contribution in [0.3, 0.4) is 0 Å². The highest BCUT2D eigenvalue weighted by atomic mass is 79.9. The number of aromatic nitrogens is 1. The summed E-state index contributed by atoms with van der Waals surface area (Å²) in [7, 11) is 0. The van der Waals surface area contributed by atoms with Crippen LogP contribution in [0, 0.1) is 0 Å². The van der Waals surface area contributed by atoms with E-state index >= 15 is 0 Å². The molecule has 0 saturated carbocycles. The van der Waals surface area contributed by atoms with Crippen molar-refractivity contribution in [3.8, 4) is 0 Å². The highest BCUT2D eigenvalue weighted by molar-refractivity contribution is 9.10. The normalized spacial score (nSPS) is 19.6. The monoisotopic (exact) mass is 293 g/mol. The number of nitrogens with zero attached hydrogens (tertiary/aromatic N) is 1. The highest BCUT2D eigenvalue weighted by Crippen LogP contribution is 2.38. The molecular weight excluding hydrogens is 278 g/mol. The van der Waals surface area contributed by atoms with Crippen molar-refractivity contribution in [3.63, 3.8) is 0 Å². The lowest BCUT2D eigenvalue weighted by Crippen LogP contribution is -2.13. The van der Waals surface area contributed by atoms with Crippen LogP contribution in [0.25, 0.3) is 10.9 Å². The van der Waals surface area contributed by atoms with Gasteiger partial charge in [0.05, 0.1) is 11.8 Å². The van der Waals surface area contributed by atoms with Crippen molar-refractivity contribution in [2.24, 2.45) is 0 Å². The summed E-state index contributed by atoms with van der Waals surface area (Å²) in [5.74, 6) is 0. The first-order valence-electron chi connectivity index (χ1n) is 6.21. The van der Waals surface area contributed by atoms with Crippen LogP contribution in [0.15, 0.2) is 22.7 Å². The van der Waals surface area contributed by atoms with Crippen molar-refractivity contribution in [1.29, 1.82) is 0 Å². The van der Waals surface area contributed by atoms with E-state index in [0.717, 1.165) is 36.0 Å². The lowest BCUT2D eigenvalue weighted by Gasteiger charge is -2.20. The molecule has 1 aromatic heterocycles. The summed E-state index contributed by atoms with van der Waals surface area (Å²) >= 11 is 3.53. The molecule has 2 nitrogen and oxygen atoms in total. The topological polar surface area (TPSA) is 25.2 Å². The first-order valence-corrected chi connectivity index (χ1v) is 7.00. The molecule has 90 valence electrons. The number of aliphatic hydroxyl groups is 1. The number of benzene rings is 1. The molecule has 17 heavy (non-hydrogen) atoms. The number of hydrogen-bond donors (Lipinski definition) is 1. The van der Waals surface area contributed by atoms with E-state index in [1.165, 1.54) is 16.5 Å². The second kappa shape index (κ2) is 4.14. The second-order valence-corrected chi connectivity index (χ2v) is 5.59. The lowest BCUT2D eigenvalue weighted by atomic mass is 9.93. The molecular formula is C14H16BrNO. The summed E-state index contributed by atoms with van der Waals surface area (Å²) in [6, 6.07) is 6.40. The van der Waals surface area contributed by atoms with Gasteiger partial charge in [0.25, 0.3) is 0 Å². The average Bonchev–Trinajstić information content (AvgIpc) is 2.64. The Morgan fingerprint density at radius 1 is 1.47 bits per heavy atom. The Morgan fingerprint density at radius 2 is 2.29 bits per heavy atom. The van der Waals surface area contributed by atoms with Crippen molar-refractivity contribution in [3.05, 3.63) is 33.9 Å². The van der Waals surface area contributed by atoms with Crippen LogP contribution in [0.2, 0.25) is 0 Å². The van der Waals surface area contributed by atoms with Gasteiger partial charge in [0.15, 0.2) is 0 Å². The molecule has 1 atom stereocenters. The van der Waals surface area contributed by atoms with E-state index in [0.29, 0.717) is 0 Å². The summed E-state index contributed by atoms with van der Waals surface area (Å²) in [5.41, 5.74) is 3.75. The van der Waals surface area contributed by atoms with Crippen molar-refractivity contribution < 1.29 is 5.11 Å². The third-order valence-corrected chi connectivity index (χ3v) is 4.20. The Labute approximate surface area is 109 Å². The van der Waals surface area contributed by atoms with Crippen molar-refractivity contribution >= 4 is 26.8 Å². The molecule has 0 spiro atoms. The zero-order valence-corrected chi connectivity index (χ0v) is 11.5. The molecule has 0 fully saturated rings. The van der Waals surface area contributed by atoms with E-state index in [2.05, 4.69) is 45.6 Å². The first-order chi connectivity index (χ1) is 8.22. The van der Waals surface area contributed by atoms with Gasteiger partial charge in [-0.05, 0) is 49.9 Å². The third-order valence-electron chi connectivity index (χ3n) is 3.71. The fraction of sp³-hybridized carbons (Fsp3) is 0.429. The van der Waals surface area contributed by atoms with Crippen LogP contribution in [0.1, 0.15) is 37.1 Å². The molecule has 2 aromatic rings. The molecule has 1 aliphatic carbocycles. The Balaban J connectivity index is 2.38. The molecule has 0 bridgehead atoms. The van der Waals surface area contributed by atoms with Gasteiger partial charge in [-0.15, -0.1) is 0 Å². The van der Waals surface area contributed by atoms with Crippen LogP contribution in [-0.2, 0) is 13.0 Å². The molecule has 1 heterocycles. The molecule has 0 amide bonds. The van der Waals surface area contributed by atoms with Gasteiger partial charge in [-0.1, -0.05) is 15.9 Å². The van der Waals surface area contributed by atoms with Crippen LogP contribution >= 0.6 is 15.9 Å². The van der Waals surface area contributed by atoms with Crippen LogP contribution in [-0.4, -0.2) is 9.67 Å². The van der Waals surface area contributed by atoms with Gasteiger partial charge in [-0.25, -0.2) is 0 Å². The van der Waals surface area contributed by atoms with E-state index < -0.39 is 0 Å². The van der Waals surface area contributed by atoms with Gasteiger partial charge in [0.1, 0.15) is 0 Å². The van der Waals surface area contributed by atoms with E-state index in [4.69, 9.17) is 0 Å². The first kappa shape index (κ1) is 11.3. The number of rotatable bonds is 1. The number of fused-ring (bicyclic) bond motifs is 3. The highest BCUT2D eigenvalue weighted by Gasteiger charge is 2.25. The predicted octanol–water partition coefficient (Wildman–Crippen LogP) is 3.79. The van der Waals surface area contributed by atoms with Crippen molar-refractivity contribution in [1.82, 2.24) is 4.57 Å². The summed E-state index contributed by atoms with van der Waals surface area (Å²) in [6.45, 7) is 3.06. The fourth-order valence-electron chi connectivity index (χ4n) is 3.01. The SMILES string of the molecule is CCn1c2c(c3cc(Br)ccc31)CCC[C@@H]2O. The molecule has 0 saturated heterocycles. The lowest BCUT2D eigenvalue weighted by molar-refractivity contribution is 0.148. The molecule has 1 aromatic carbocycles. The summed E-state index contributed by atoms with van der Waals surface area (Å²) in [6.07, 6.45) is 2.78. The number of aliphatic hydroxyl groups excluding tert-OH is 1. The van der Waals surface area contributed by atoms with E-state index in [1.54, 1.807) is 0 Å². The van der Waals surface area contributed by atoms with Gasteiger partial charge < -0.3 is 9.67 Å². The number of aryl methyl sites for hydroxylation is 2. The summed E-state index contributed by atoms with van der Waals surface area (Å²) < 4.78 is 3.38. The largest absolute Gasteiger partial charge is 0.387 e. The number of hydrogen-bond acceptors (Lipinski definition) is 1. The van der Waals surface area contributed by atoms with Crippen LogP contribution in [0.5, 0.6) is 0 Å². The molecule has 3 rings (SSSR count). The standard InChI is InChI=1S/C14H16BrNO/c1-2-16-12-7-6-9(15)8-11(12)10-4-3-5-13(17)14(10)16/h6-8,13,17H,2-5H2,1H3/t13-/m0/s1. The molecule has 0 radical (unpaired) electrons. The molecule has 0 unspecified atom stereocenters. The Bertz CT molecular complexity index is 573. The minimum absolute atomic E-state index is 0.287. The van der Waals surface area contributed by atoms with Gasteiger partial charge in [0.2, 0.25) is 0 Å². The second-order valence-electron chi connectivity index (χ2n) is 4.68. The van der Waals surface area contributed by atoms with Crippen LogP contribution in [0.4, 0.5) is 0 Å². The van der Waals surface area contributed by atoms with Crippen LogP contribution < -0.4 is 0 Å². The zero-order valence-electron chi connectivity index (χ0n) is 9.91. The van der Waals surface area contributed by atoms with E-state index in [1.807, 2.05) is 0 Å². The smallest absolute Gasteiger partial charge is 0.0943 e. The molecule has 0 aliphatic heterocycles. The van der Waals surface area contributed by atoms with Gasteiger partial charge in [-0.3, -0.25) is 0 Å². The molecule has 1 N–H and O–H groups in total. The minimum atomic E-state index is -0.287. The molecule has 3 heteroatoms. The summed E-state index contributed by atoms with van der Waals surface area (Å²) in [5, 5.41) is 11.5. The third kappa shape index (κ3) is 1.64. The van der Waals surface area contributed by atoms with Crippen molar-refractivity contribution in [2.45, 2.75) is 38.8 Å². The quantitative estimate of drug-likeness (QED) is 0.850. The average molecular weight is 294 g/mol. The fourth-order valence-corrected chi connectivity index (χ4v) is 3.37. The maximum atomic E-state index is 10.2. The summed E-state index contributed by atoms with van der Waals surface area (Å²) in [4.78, 5) is 0. The Morgan fingerprint density at radius 3 is 3.06 bits per heavy atom. The predicted molar refractivity (Wildman–Crippen MR) is 73.2 cm³/mol.